The molecule has 1 heterocycles. The molecule has 0 radical (unpaired) electrons. The molecule has 0 spiro atoms. The van der Waals surface area contributed by atoms with Gasteiger partial charge in [-0.15, -0.1) is 0 Å². The molecule has 1 rings (SSSR count). The Morgan fingerprint density at radius 3 is 0.600 bits per heavy atom. The molecule has 0 atom stereocenters. The number of nitrogens with zero attached hydrogens (tertiary/aromatic N) is 6. The van der Waals surface area contributed by atoms with Gasteiger partial charge in [-0.2, -0.15) is 0 Å². The fourth-order valence-corrected chi connectivity index (χ4v) is 2.88. The minimum atomic E-state index is -0.802. The Morgan fingerprint density at radius 1 is 0.311 bits per heavy atom. The third-order valence-corrected chi connectivity index (χ3v) is 4.94. The second-order valence-electron chi connectivity index (χ2n) is 8.44. The fraction of sp³-hybridized carbons (Fsp3) is 0.667. The average Bonchev–Trinajstić information content (AvgIpc) is 3.01. The molecule has 0 aromatic carbocycles. The van der Waals surface area contributed by atoms with E-state index in [-0.39, 0.29) is 0 Å². The molecule has 1 aromatic heterocycles. The monoisotopic (exact) mass is 633 g/mol. The first-order valence-electron chi connectivity index (χ1n) is 14.1. The Kier molecular flexibility index (Phi) is 40.0. The third kappa shape index (κ3) is 45.9. The van der Waals surface area contributed by atoms with Gasteiger partial charge in [-0.25, -0.2) is 73.1 Å². The summed E-state index contributed by atoms with van der Waals surface area (Å²) in [7, 11) is 0. The molecular weight excluding hydrogens is 594 g/mol. The van der Waals surface area contributed by atoms with Crippen LogP contribution in [0, 0.1) is 0 Å². The van der Waals surface area contributed by atoms with Crippen LogP contribution in [0.3, 0.4) is 0 Å². The van der Waals surface area contributed by atoms with E-state index >= 15 is 0 Å². The summed E-state index contributed by atoms with van der Waals surface area (Å²) in [4.78, 5) is 114. The summed E-state index contributed by atoms with van der Waals surface area (Å²) >= 11 is 0. The Balaban J connectivity index is -0.000000525. The van der Waals surface area contributed by atoms with E-state index in [1.807, 2.05) is 0 Å². The molecule has 3 N–H and O–H groups in total. The largest absolute Gasteiger partial charge is 0.330 e. The van der Waals surface area contributed by atoms with Gasteiger partial charge in [0.15, 0.2) is 0 Å². The number of aliphatic imine (C=N–C) groups is 6. The molecule has 246 valence electrons. The van der Waals surface area contributed by atoms with E-state index in [4.69, 9.17) is 0 Å². The summed E-state index contributed by atoms with van der Waals surface area (Å²) in [6.07, 6.45) is 20.4. The number of hydrogen-bond acceptors (Lipinski definition) is 15. The zero-order chi connectivity index (χ0) is 34.1. The molecule has 0 fully saturated rings. The highest BCUT2D eigenvalue weighted by Crippen LogP contribution is 2.00. The maximum atomic E-state index is 10.2. The summed E-state index contributed by atoms with van der Waals surface area (Å²) in [5, 5.41) is 0. The number of isocyanates is 6. The van der Waals surface area contributed by atoms with E-state index in [0.717, 1.165) is 77.0 Å². The van der Waals surface area contributed by atoms with Crippen molar-refractivity contribution in [1.29, 1.82) is 0 Å². The van der Waals surface area contributed by atoms with Crippen molar-refractivity contribution in [2.75, 3.05) is 39.3 Å². The van der Waals surface area contributed by atoms with Crippen LogP contribution in [0.15, 0.2) is 44.3 Å². The normalized spacial score (nSPS) is 8.53. The second kappa shape index (κ2) is 40.8. The first-order valence-corrected chi connectivity index (χ1v) is 14.1. The van der Waals surface area contributed by atoms with Crippen molar-refractivity contribution in [2.24, 2.45) is 30.0 Å². The van der Waals surface area contributed by atoms with Gasteiger partial charge in [-0.05, 0) is 38.5 Å². The first-order chi connectivity index (χ1) is 21.9. The number of nitrogens with one attached hydrogen (secondary N) is 3. The second-order valence-corrected chi connectivity index (χ2v) is 8.44. The van der Waals surface area contributed by atoms with Crippen LogP contribution in [0.25, 0.3) is 0 Å². The molecule has 0 aliphatic carbocycles. The van der Waals surface area contributed by atoms with Crippen LogP contribution < -0.4 is 17.1 Å². The van der Waals surface area contributed by atoms with Gasteiger partial charge >= 0.3 is 17.1 Å². The Bertz CT molecular complexity index is 1080. The standard InChI is InChI=1S/3C8H12N2O2.C3H3N3O3/c3*11-7-9-5-3-1-2-4-6-10-8-12;7-1-4-2(8)6-3(9)5-1/h3*1-6H2;(H3,4,5,6,7,8,9). The smallest absolute Gasteiger partial charge is 0.259 e. The summed E-state index contributed by atoms with van der Waals surface area (Å²) in [6, 6.07) is 0. The lowest BCUT2D eigenvalue weighted by Gasteiger charge is -1.93. The van der Waals surface area contributed by atoms with Crippen LogP contribution >= 0.6 is 0 Å². The minimum absolute atomic E-state index is 0.556. The van der Waals surface area contributed by atoms with E-state index < -0.39 is 17.1 Å². The molecular formula is C27H39N9O9. The van der Waals surface area contributed by atoms with Crippen molar-refractivity contribution in [3.8, 4) is 0 Å². The molecule has 0 amide bonds. The van der Waals surface area contributed by atoms with E-state index in [9.17, 15) is 43.2 Å². The number of carbonyl (C=O) groups excluding carboxylic acids is 6. The molecule has 45 heavy (non-hydrogen) atoms. The van der Waals surface area contributed by atoms with Crippen molar-refractivity contribution in [2.45, 2.75) is 77.0 Å². The maximum Gasteiger partial charge on any atom is 0.330 e. The molecule has 0 saturated carbocycles. The number of H-pyrrole nitrogens is 3. The van der Waals surface area contributed by atoms with Crippen LogP contribution in [0.2, 0.25) is 0 Å². The van der Waals surface area contributed by atoms with Crippen molar-refractivity contribution >= 4 is 36.5 Å². The predicted molar refractivity (Wildman–Crippen MR) is 162 cm³/mol. The Morgan fingerprint density at radius 2 is 0.467 bits per heavy atom. The molecule has 18 heteroatoms. The van der Waals surface area contributed by atoms with Crippen LogP contribution in [0.5, 0.6) is 0 Å². The van der Waals surface area contributed by atoms with Crippen molar-refractivity contribution in [1.82, 2.24) is 15.0 Å². The van der Waals surface area contributed by atoms with Crippen LogP contribution in [0.4, 0.5) is 0 Å². The molecule has 0 saturated heterocycles. The highest BCUT2D eigenvalue weighted by atomic mass is 16.2. The number of unbranched alkanes of at least 4 members (excludes halogenated alkanes) is 9. The molecule has 1 aromatic rings. The topological polar surface area (TPSA) is 275 Å². The quantitative estimate of drug-likeness (QED) is 0.100. The number of aromatic nitrogens is 3. The minimum Gasteiger partial charge on any atom is -0.259 e. The molecule has 18 nitrogen and oxygen atoms in total. The van der Waals surface area contributed by atoms with E-state index in [2.05, 4.69) is 30.0 Å². The van der Waals surface area contributed by atoms with Gasteiger partial charge in [0.1, 0.15) is 0 Å². The van der Waals surface area contributed by atoms with Gasteiger partial charge in [0.25, 0.3) is 0 Å². The van der Waals surface area contributed by atoms with Crippen molar-refractivity contribution in [3.05, 3.63) is 31.5 Å². The zero-order valence-electron chi connectivity index (χ0n) is 25.1. The Hall–Kier alpha value is -5.31. The molecule has 0 unspecified atom stereocenters. The average molecular weight is 634 g/mol. The van der Waals surface area contributed by atoms with E-state index in [1.54, 1.807) is 15.0 Å². The van der Waals surface area contributed by atoms with Gasteiger partial charge in [0.05, 0.1) is 39.3 Å². The summed E-state index contributed by atoms with van der Waals surface area (Å²) < 4.78 is 0. The maximum absolute atomic E-state index is 10.2. The van der Waals surface area contributed by atoms with Gasteiger partial charge in [0.2, 0.25) is 36.5 Å². The predicted octanol–water partition coefficient (Wildman–Crippen LogP) is 1.41. The number of aromatic amines is 3. The highest BCUT2D eigenvalue weighted by Gasteiger charge is 1.90. The fourth-order valence-electron chi connectivity index (χ4n) is 2.88. The van der Waals surface area contributed by atoms with Crippen LogP contribution in [-0.2, 0) is 28.8 Å². The lowest BCUT2D eigenvalue weighted by Crippen LogP contribution is -2.34. The van der Waals surface area contributed by atoms with Crippen LogP contribution in [-0.4, -0.2) is 90.7 Å². The zero-order valence-corrected chi connectivity index (χ0v) is 25.1. The van der Waals surface area contributed by atoms with Gasteiger partial charge < -0.3 is 0 Å². The summed E-state index contributed by atoms with van der Waals surface area (Å²) in [5.41, 5.74) is -2.41. The number of rotatable bonds is 21. The van der Waals surface area contributed by atoms with Gasteiger partial charge in [-0.3, -0.25) is 15.0 Å². The van der Waals surface area contributed by atoms with Crippen molar-refractivity contribution < 1.29 is 28.8 Å². The molecule has 0 aliphatic heterocycles. The van der Waals surface area contributed by atoms with E-state index in [0.29, 0.717) is 39.3 Å². The Labute approximate surface area is 258 Å². The van der Waals surface area contributed by atoms with Gasteiger partial charge in [0, 0.05) is 0 Å². The lowest BCUT2D eigenvalue weighted by atomic mass is 10.2. The first kappa shape index (κ1) is 44.1. The number of hydrogen-bond donors (Lipinski definition) is 3. The lowest BCUT2D eigenvalue weighted by molar-refractivity contribution is 0.558. The summed E-state index contributed by atoms with van der Waals surface area (Å²) in [6.45, 7) is 3.34. The third-order valence-electron chi connectivity index (χ3n) is 4.94. The summed E-state index contributed by atoms with van der Waals surface area (Å²) in [5.74, 6) is 0. The molecule has 0 bridgehead atoms. The molecule has 0 aliphatic rings. The van der Waals surface area contributed by atoms with E-state index in [1.165, 1.54) is 36.5 Å². The van der Waals surface area contributed by atoms with Crippen molar-refractivity contribution in [3.63, 3.8) is 0 Å². The SMILES string of the molecule is O=C=NCCCCCCN=C=O.O=C=NCCCCCCN=C=O.O=C=NCCCCCCN=C=O.O=c1[nH]c(=O)[nH]c(=O)[nH]1. The van der Waals surface area contributed by atoms with Gasteiger partial charge in [-0.1, -0.05) is 38.5 Å². The highest BCUT2D eigenvalue weighted by molar-refractivity contribution is 5.33. The van der Waals surface area contributed by atoms with Crippen LogP contribution in [0.1, 0.15) is 77.0 Å².